The number of aliphatic hydroxyl groups excluding tert-OH is 2. The molecule has 5 unspecified atom stereocenters. The molecule has 5 atom stereocenters. The van der Waals surface area contributed by atoms with Gasteiger partial charge in [0.1, 0.15) is 18.3 Å². The second-order valence-electron chi connectivity index (χ2n) is 3.13. The molecule has 4 nitrogen and oxygen atoms in total. The van der Waals surface area contributed by atoms with Crippen LogP contribution in [0.3, 0.4) is 0 Å². The second-order valence-corrected chi connectivity index (χ2v) is 3.13. The highest BCUT2D eigenvalue weighted by Crippen LogP contribution is 2.36. The van der Waals surface area contributed by atoms with Crippen LogP contribution in [-0.4, -0.2) is 47.8 Å². The van der Waals surface area contributed by atoms with E-state index in [2.05, 4.69) is 0 Å². The van der Waals surface area contributed by atoms with Gasteiger partial charge in [0.25, 0.3) is 0 Å². The molecule has 0 amide bonds. The molecule has 2 aliphatic heterocycles. The standard InChI is InChI=1S/C7H12O4/c1-10-7-5(9)4-2-3(8)6(7)11-4/h3-9H,2H2,1H3. The van der Waals surface area contributed by atoms with Gasteiger partial charge in [0.2, 0.25) is 0 Å². The van der Waals surface area contributed by atoms with E-state index in [1.807, 2.05) is 0 Å². The molecule has 0 aromatic heterocycles. The van der Waals surface area contributed by atoms with E-state index in [-0.39, 0.29) is 18.3 Å². The van der Waals surface area contributed by atoms with Gasteiger partial charge in [0.05, 0.1) is 12.2 Å². The van der Waals surface area contributed by atoms with Crippen molar-refractivity contribution in [1.82, 2.24) is 0 Å². The van der Waals surface area contributed by atoms with Gasteiger partial charge in [-0.25, -0.2) is 0 Å². The summed E-state index contributed by atoms with van der Waals surface area (Å²) in [6.07, 6.45) is -1.38. The summed E-state index contributed by atoms with van der Waals surface area (Å²) in [5.74, 6) is 0. The predicted octanol–water partition coefficient (Wildman–Crippen LogP) is -1.11. The van der Waals surface area contributed by atoms with E-state index in [9.17, 15) is 10.2 Å². The summed E-state index contributed by atoms with van der Waals surface area (Å²) in [6, 6.07) is 0. The third-order valence-corrected chi connectivity index (χ3v) is 2.50. The number of methoxy groups -OCH3 is 1. The van der Waals surface area contributed by atoms with Crippen LogP contribution in [0.5, 0.6) is 0 Å². The number of rotatable bonds is 1. The zero-order valence-electron chi connectivity index (χ0n) is 6.30. The van der Waals surface area contributed by atoms with Crippen LogP contribution in [0.4, 0.5) is 0 Å². The summed E-state index contributed by atoms with van der Waals surface area (Å²) in [7, 11) is 1.52. The highest BCUT2D eigenvalue weighted by Gasteiger charge is 2.53. The van der Waals surface area contributed by atoms with Gasteiger partial charge < -0.3 is 19.7 Å². The minimum atomic E-state index is -0.562. The van der Waals surface area contributed by atoms with Crippen molar-refractivity contribution in [3.05, 3.63) is 0 Å². The maximum Gasteiger partial charge on any atom is 0.114 e. The summed E-state index contributed by atoms with van der Waals surface area (Å²) in [6.45, 7) is 0. The van der Waals surface area contributed by atoms with Gasteiger partial charge in [-0.2, -0.15) is 0 Å². The Bertz CT molecular complexity index is 161. The summed E-state index contributed by atoms with van der Waals surface area (Å²) in [5.41, 5.74) is 0. The third-order valence-electron chi connectivity index (χ3n) is 2.50. The van der Waals surface area contributed by atoms with Gasteiger partial charge >= 0.3 is 0 Å². The molecule has 4 heteroatoms. The molecule has 2 fully saturated rings. The molecule has 64 valence electrons. The zero-order chi connectivity index (χ0) is 8.01. The minimum absolute atomic E-state index is 0.222. The smallest absolute Gasteiger partial charge is 0.114 e. The summed E-state index contributed by atoms with van der Waals surface area (Å²) < 4.78 is 10.3. The van der Waals surface area contributed by atoms with Crippen molar-refractivity contribution in [2.45, 2.75) is 36.9 Å². The Labute approximate surface area is 64.7 Å². The molecule has 0 radical (unpaired) electrons. The van der Waals surface area contributed by atoms with Gasteiger partial charge in [-0.3, -0.25) is 0 Å². The van der Waals surface area contributed by atoms with Crippen molar-refractivity contribution in [3.63, 3.8) is 0 Å². The zero-order valence-corrected chi connectivity index (χ0v) is 6.30. The Hall–Kier alpha value is -0.160. The number of hydrogen-bond donors (Lipinski definition) is 2. The van der Waals surface area contributed by atoms with Crippen LogP contribution >= 0.6 is 0 Å². The molecule has 2 saturated heterocycles. The van der Waals surface area contributed by atoms with E-state index in [0.717, 1.165) is 0 Å². The van der Waals surface area contributed by atoms with E-state index < -0.39 is 12.2 Å². The van der Waals surface area contributed by atoms with E-state index in [0.29, 0.717) is 6.42 Å². The number of fused-ring (bicyclic) bond motifs is 2. The lowest BCUT2D eigenvalue weighted by molar-refractivity contribution is -0.0563. The number of ether oxygens (including phenoxy) is 2. The predicted molar refractivity (Wildman–Crippen MR) is 36.1 cm³/mol. The first-order chi connectivity index (χ1) is 5.24. The number of aliphatic hydroxyl groups is 2. The van der Waals surface area contributed by atoms with Crippen molar-refractivity contribution in [2.75, 3.05) is 7.11 Å². The molecule has 0 aromatic carbocycles. The Morgan fingerprint density at radius 3 is 2.64 bits per heavy atom. The molecular weight excluding hydrogens is 148 g/mol. The third kappa shape index (κ3) is 0.906. The average Bonchev–Trinajstić information content (AvgIpc) is 2.45. The van der Waals surface area contributed by atoms with E-state index in [1.54, 1.807) is 0 Å². The van der Waals surface area contributed by atoms with Crippen LogP contribution in [0.2, 0.25) is 0 Å². The minimum Gasteiger partial charge on any atom is -0.390 e. The van der Waals surface area contributed by atoms with Crippen molar-refractivity contribution in [2.24, 2.45) is 0 Å². The average molecular weight is 160 g/mol. The first-order valence-electron chi connectivity index (χ1n) is 3.78. The Morgan fingerprint density at radius 2 is 2.18 bits per heavy atom. The van der Waals surface area contributed by atoms with E-state index >= 15 is 0 Å². The second kappa shape index (κ2) is 2.42. The molecule has 0 saturated carbocycles. The summed E-state index contributed by atoms with van der Waals surface area (Å²) in [4.78, 5) is 0. The van der Waals surface area contributed by atoms with Crippen LogP contribution in [0.15, 0.2) is 0 Å². The SMILES string of the molecule is COC1C(O)C2CC(O)C1O2. The fraction of sp³-hybridized carbons (Fsp3) is 1.00. The molecular formula is C7H12O4. The molecule has 2 heterocycles. The molecule has 11 heavy (non-hydrogen) atoms. The van der Waals surface area contributed by atoms with E-state index in [1.165, 1.54) is 7.11 Å². The lowest BCUT2D eigenvalue weighted by Gasteiger charge is -2.25. The fourth-order valence-electron chi connectivity index (χ4n) is 1.92. The van der Waals surface area contributed by atoms with Crippen molar-refractivity contribution in [3.8, 4) is 0 Å². The largest absolute Gasteiger partial charge is 0.390 e. The Balaban J connectivity index is 2.13. The van der Waals surface area contributed by atoms with Crippen LogP contribution in [-0.2, 0) is 9.47 Å². The van der Waals surface area contributed by atoms with Gasteiger partial charge in [-0.1, -0.05) is 0 Å². The van der Waals surface area contributed by atoms with Crippen LogP contribution in [0.1, 0.15) is 6.42 Å². The lowest BCUT2D eigenvalue weighted by Crippen LogP contribution is -2.44. The molecule has 0 aliphatic carbocycles. The maximum atomic E-state index is 9.44. The normalized spacial score (nSPS) is 55.4. The fourth-order valence-corrected chi connectivity index (χ4v) is 1.92. The molecule has 2 aliphatic rings. The Morgan fingerprint density at radius 1 is 1.45 bits per heavy atom. The van der Waals surface area contributed by atoms with Crippen LogP contribution < -0.4 is 0 Å². The highest BCUT2D eigenvalue weighted by molar-refractivity contribution is 5.02. The van der Waals surface area contributed by atoms with Gasteiger partial charge in [-0.15, -0.1) is 0 Å². The first-order valence-corrected chi connectivity index (χ1v) is 3.78. The molecule has 0 aromatic rings. The molecule has 2 bridgehead atoms. The number of hydrogen-bond acceptors (Lipinski definition) is 4. The maximum absolute atomic E-state index is 9.44. The van der Waals surface area contributed by atoms with Crippen LogP contribution in [0.25, 0.3) is 0 Å². The monoisotopic (exact) mass is 160 g/mol. The lowest BCUT2D eigenvalue weighted by atomic mass is 9.92. The van der Waals surface area contributed by atoms with Gasteiger partial charge in [0, 0.05) is 13.5 Å². The first kappa shape index (κ1) is 7.49. The quantitative estimate of drug-likeness (QED) is 0.511. The van der Waals surface area contributed by atoms with E-state index in [4.69, 9.17) is 9.47 Å². The van der Waals surface area contributed by atoms with Crippen LogP contribution in [0, 0.1) is 0 Å². The van der Waals surface area contributed by atoms with Crippen molar-refractivity contribution in [1.29, 1.82) is 0 Å². The van der Waals surface area contributed by atoms with Crippen molar-refractivity contribution < 1.29 is 19.7 Å². The summed E-state index contributed by atoms with van der Waals surface area (Å²) >= 11 is 0. The summed E-state index contributed by atoms with van der Waals surface area (Å²) in [5, 5.41) is 18.8. The molecule has 2 N–H and O–H groups in total. The highest BCUT2D eigenvalue weighted by atomic mass is 16.6. The van der Waals surface area contributed by atoms with Gasteiger partial charge in [0.15, 0.2) is 0 Å². The Kier molecular flexibility index (Phi) is 1.64. The molecule has 0 spiro atoms. The topological polar surface area (TPSA) is 58.9 Å². The van der Waals surface area contributed by atoms with Gasteiger partial charge in [-0.05, 0) is 0 Å². The van der Waals surface area contributed by atoms with Crippen molar-refractivity contribution >= 4 is 0 Å². The molecule has 2 rings (SSSR count).